The molecule has 1 aliphatic rings. The third-order valence-electron chi connectivity index (χ3n) is 1.31. The first-order valence-corrected chi connectivity index (χ1v) is 5.67. The minimum absolute atomic E-state index is 0.216. The minimum atomic E-state index is -2.21. The van der Waals surface area contributed by atoms with E-state index in [-0.39, 0.29) is 6.42 Å². The maximum absolute atomic E-state index is 12.3. The highest BCUT2D eigenvalue weighted by Gasteiger charge is 2.09. The number of hydrogen-bond donors (Lipinski definition) is 0. The third-order valence-corrected chi connectivity index (χ3v) is 3.56. The van der Waals surface area contributed by atoms with Crippen molar-refractivity contribution >= 4 is 27.9 Å². The molecule has 0 radical (unpaired) electrons. The van der Waals surface area contributed by atoms with Crippen LogP contribution in [0.25, 0.3) is 0 Å². The molecule has 0 aromatic carbocycles. The summed E-state index contributed by atoms with van der Waals surface area (Å²) in [6.07, 6.45) is -2.42. The molecule has 0 aromatic rings. The van der Waals surface area contributed by atoms with Crippen molar-refractivity contribution < 1.29 is 13.2 Å². The number of halogens is 3. The van der Waals surface area contributed by atoms with E-state index in [1.807, 2.05) is 0 Å². The van der Waals surface area contributed by atoms with Gasteiger partial charge in [-0.15, -0.1) is 0 Å². The van der Waals surface area contributed by atoms with Crippen LogP contribution in [-0.4, -0.2) is 22.4 Å². The molecule has 1 rings (SSSR count). The SMILES string of the molecule is FC(F)=C(F)CCSC1=NCCS1. The van der Waals surface area contributed by atoms with Crippen LogP contribution in [0.4, 0.5) is 13.2 Å². The van der Waals surface area contributed by atoms with Crippen molar-refractivity contribution in [3.05, 3.63) is 11.9 Å². The van der Waals surface area contributed by atoms with Gasteiger partial charge in [-0.1, -0.05) is 23.5 Å². The van der Waals surface area contributed by atoms with Gasteiger partial charge in [-0.05, 0) is 0 Å². The average Bonchev–Trinajstić information content (AvgIpc) is 2.56. The summed E-state index contributed by atoms with van der Waals surface area (Å²) in [4.78, 5) is 4.09. The van der Waals surface area contributed by atoms with E-state index in [0.717, 1.165) is 16.7 Å². The summed E-state index contributed by atoms with van der Waals surface area (Å²) >= 11 is 2.92. The molecule has 0 aliphatic carbocycles. The monoisotopic (exact) mass is 227 g/mol. The van der Waals surface area contributed by atoms with Crippen LogP contribution < -0.4 is 0 Å². The smallest absolute Gasteiger partial charge is 0.271 e. The quantitative estimate of drug-likeness (QED) is 0.733. The molecule has 0 unspecified atom stereocenters. The van der Waals surface area contributed by atoms with Crippen molar-refractivity contribution in [3.8, 4) is 0 Å². The van der Waals surface area contributed by atoms with Crippen molar-refractivity contribution in [2.45, 2.75) is 6.42 Å². The highest BCUT2D eigenvalue weighted by atomic mass is 32.2. The summed E-state index contributed by atoms with van der Waals surface area (Å²) in [5, 5.41) is 0. The molecule has 0 amide bonds. The van der Waals surface area contributed by atoms with Crippen LogP contribution in [0.15, 0.2) is 16.9 Å². The van der Waals surface area contributed by atoms with Gasteiger partial charge in [-0.25, -0.2) is 4.39 Å². The van der Waals surface area contributed by atoms with Crippen LogP contribution in [0.5, 0.6) is 0 Å². The lowest BCUT2D eigenvalue weighted by Gasteiger charge is -1.97. The zero-order valence-corrected chi connectivity index (χ0v) is 8.36. The number of nitrogens with zero attached hydrogens (tertiary/aromatic N) is 1. The minimum Gasteiger partial charge on any atom is -0.271 e. The second kappa shape index (κ2) is 5.59. The first kappa shape index (κ1) is 11.0. The van der Waals surface area contributed by atoms with Gasteiger partial charge in [0.05, 0.1) is 6.54 Å². The fourth-order valence-electron chi connectivity index (χ4n) is 0.725. The fraction of sp³-hybridized carbons (Fsp3) is 0.571. The van der Waals surface area contributed by atoms with Crippen molar-refractivity contribution in [3.63, 3.8) is 0 Å². The molecule has 0 aromatic heterocycles. The second-order valence-corrected chi connectivity index (χ2v) is 4.69. The topological polar surface area (TPSA) is 12.4 Å². The summed E-state index contributed by atoms with van der Waals surface area (Å²) in [7, 11) is 0. The van der Waals surface area contributed by atoms with E-state index >= 15 is 0 Å². The van der Waals surface area contributed by atoms with Crippen molar-refractivity contribution in [1.82, 2.24) is 0 Å². The Morgan fingerprint density at radius 3 is 2.77 bits per heavy atom. The Kier molecular flexibility index (Phi) is 4.72. The molecule has 1 heterocycles. The molecule has 6 heteroatoms. The van der Waals surface area contributed by atoms with Gasteiger partial charge in [0.25, 0.3) is 0 Å². The molecule has 13 heavy (non-hydrogen) atoms. The molecule has 74 valence electrons. The summed E-state index contributed by atoms with van der Waals surface area (Å²) in [5.41, 5.74) is 0. The van der Waals surface area contributed by atoms with E-state index in [4.69, 9.17) is 0 Å². The van der Waals surface area contributed by atoms with E-state index in [0.29, 0.717) is 5.75 Å². The number of rotatable bonds is 3. The van der Waals surface area contributed by atoms with Crippen LogP contribution in [0, 0.1) is 0 Å². The van der Waals surface area contributed by atoms with Gasteiger partial charge >= 0.3 is 6.08 Å². The third kappa shape index (κ3) is 4.08. The van der Waals surface area contributed by atoms with E-state index in [9.17, 15) is 13.2 Å². The Hall–Kier alpha value is -0.100. The van der Waals surface area contributed by atoms with Crippen molar-refractivity contribution in [2.75, 3.05) is 18.1 Å². The first-order valence-electron chi connectivity index (χ1n) is 3.70. The van der Waals surface area contributed by atoms with Crippen molar-refractivity contribution in [2.24, 2.45) is 4.99 Å². The Morgan fingerprint density at radius 1 is 1.46 bits per heavy atom. The number of allylic oxidation sites excluding steroid dienone is 1. The zero-order valence-electron chi connectivity index (χ0n) is 6.73. The van der Waals surface area contributed by atoms with Gasteiger partial charge in [0, 0.05) is 17.9 Å². The standard InChI is InChI=1S/C7H8F3NS2/c8-5(6(9)10)1-3-12-7-11-2-4-13-7/h1-4H2. The molecule has 0 fully saturated rings. The maximum atomic E-state index is 12.3. The summed E-state index contributed by atoms with van der Waals surface area (Å²) in [6.45, 7) is 0.781. The molecular weight excluding hydrogens is 219 g/mol. The van der Waals surface area contributed by atoms with Gasteiger partial charge < -0.3 is 0 Å². The predicted octanol–water partition coefficient (Wildman–Crippen LogP) is 3.29. The number of thioether (sulfide) groups is 2. The maximum Gasteiger partial charge on any atom is 0.301 e. The average molecular weight is 227 g/mol. The van der Waals surface area contributed by atoms with Crippen LogP contribution in [-0.2, 0) is 0 Å². The molecule has 0 atom stereocenters. The van der Waals surface area contributed by atoms with Gasteiger partial charge in [0.1, 0.15) is 4.38 Å². The van der Waals surface area contributed by atoms with E-state index < -0.39 is 11.9 Å². The van der Waals surface area contributed by atoms with E-state index in [2.05, 4.69) is 4.99 Å². The lowest BCUT2D eigenvalue weighted by atomic mass is 10.4. The Labute approximate surface area is 82.9 Å². The molecule has 0 bridgehead atoms. The second-order valence-electron chi connectivity index (χ2n) is 2.26. The van der Waals surface area contributed by atoms with Crippen molar-refractivity contribution in [1.29, 1.82) is 0 Å². The molecule has 1 aliphatic heterocycles. The largest absolute Gasteiger partial charge is 0.301 e. The molecule has 0 spiro atoms. The predicted molar refractivity (Wildman–Crippen MR) is 52.2 cm³/mol. The van der Waals surface area contributed by atoms with Gasteiger partial charge in [-0.2, -0.15) is 8.78 Å². The van der Waals surface area contributed by atoms with Crippen LogP contribution >= 0.6 is 23.5 Å². The molecule has 0 N–H and O–H groups in total. The normalized spacial score (nSPS) is 15.8. The Bertz CT molecular complexity index is 236. The first-order chi connectivity index (χ1) is 6.20. The molecule has 1 nitrogen and oxygen atoms in total. The van der Waals surface area contributed by atoms with E-state index in [1.54, 1.807) is 11.8 Å². The lowest BCUT2D eigenvalue weighted by Crippen LogP contribution is -1.86. The molecular formula is C7H8F3NS2. The van der Waals surface area contributed by atoms with Crippen LogP contribution in [0.3, 0.4) is 0 Å². The highest BCUT2D eigenvalue weighted by molar-refractivity contribution is 8.39. The Balaban J connectivity index is 2.17. The van der Waals surface area contributed by atoms with Crippen LogP contribution in [0.1, 0.15) is 6.42 Å². The van der Waals surface area contributed by atoms with Gasteiger partial charge in [0.15, 0.2) is 5.83 Å². The molecule has 0 saturated heterocycles. The fourth-order valence-corrected chi connectivity index (χ4v) is 2.74. The van der Waals surface area contributed by atoms with Gasteiger partial charge in [-0.3, -0.25) is 4.99 Å². The summed E-state index contributed by atoms with van der Waals surface area (Å²) in [6, 6.07) is 0. The molecule has 0 saturated carbocycles. The van der Waals surface area contributed by atoms with Gasteiger partial charge in [0.2, 0.25) is 0 Å². The number of hydrogen-bond acceptors (Lipinski definition) is 3. The number of aliphatic imine (C=N–C) groups is 1. The van der Waals surface area contributed by atoms with E-state index in [1.165, 1.54) is 11.8 Å². The Morgan fingerprint density at radius 2 is 2.23 bits per heavy atom. The zero-order chi connectivity index (χ0) is 9.68. The summed E-state index contributed by atoms with van der Waals surface area (Å²) in [5.74, 6) is -0.0382. The summed E-state index contributed by atoms with van der Waals surface area (Å²) < 4.78 is 36.3. The van der Waals surface area contributed by atoms with Crippen LogP contribution in [0.2, 0.25) is 0 Å². The highest BCUT2D eigenvalue weighted by Crippen LogP contribution is 2.24. The lowest BCUT2D eigenvalue weighted by molar-refractivity contribution is 0.373.